The lowest BCUT2D eigenvalue weighted by molar-refractivity contribution is -0.195. The van der Waals surface area contributed by atoms with Crippen LogP contribution in [0.1, 0.15) is 17.7 Å². The van der Waals surface area contributed by atoms with Crippen LogP contribution in [-0.4, -0.2) is 56.3 Å². The lowest BCUT2D eigenvalue weighted by atomic mass is 10.1. The van der Waals surface area contributed by atoms with E-state index in [2.05, 4.69) is 10.4 Å². The molecular formula is C23H21ClF4N4O4. The Kier molecular flexibility index (Phi) is 8.18. The Morgan fingerprint density at radius 1 is 1.17 bits per heavy atom. The predicted molar refractivity (Wildman–Crippen MR) is 122 cm³/mol. The normalized spacial score (nSPS) is 12.4. The number of nitrogens with zero attached hydrogens (tertiary/aromatic N) is 3. The Morgan fingerprint density at radius 3 is 2.53 bits per heavy atom. The van der Waals surface area contributed by atoms with Crippen molar-refractivity contribution < 1.29 is 37.1 Å². The maximum atomic E-state index is 14.1. The van der Waals surface area contributed by atoms with Crippen molar-refractivity contribution in [2.45, 2.75) is 38.7 Å². The van der Waals surface area contributed by atoms with Crippen LogP contribution >= 0.6 is 11.6 Å². The minimum absolute atomic E-state index is 0.0230. The van der Waals surface area contributed by atoms with Gasteiger partial charge in [-0.15, -0.1) is 0 Å². The van der Waals surface area contributed by atoms with Crippen molar-refractivity contribution in [2.24, 2.45) is 0 Å². The van der Waals surface area contributed by atoms with Crippen molar-refractivity contribution in [3.8, 4) is 0 Å². The van der Waals surface area contributed by atoms with Gasteiger partial charge in [0.1, 0.15) is 24.9 Å². The zero-order chi connectivity index (χ0) is 26.6. The van der Waals surface area contributed by atoms with Gasteiger partial charge in [0.05, 0.1) is 22.7 Å². The van der Waals surface area contributed by atoms with E-state index >= 15 is 0 Å². The highest BCUT2D eigenvalue weighted by Crippen LogP contribution is 2.28. The number of carboxylic acid groups (broad SMARTS) is 1. The van der Waals surface area contributed by atoms with E-state index in [-0.39, 0.29) is 15.5 Å². The number of hydrogen-bond acceptors (Lipinski definition) is 4. The van der Waals surface area contributed by atoms with Gasteiger partial charge in [0.25, 0.3) is 0 Å². The van der Waals surface area contributed by atoms with E-state index in [1.54, 1.807) is 31.2 Å². The summed E-state index contributed by atoms with van der Waals surface area (Å²) in [5.41, 5.74) is 0.986. The molecule has 2 aromatic carbocycles. The Bertz CT molecular complexity index is 1290. The summed E-state index contributed by atoms with van der Waals surface area (Å²) in [6.45, 7) is -0.536. The maximum Gasteiger partial charge on any atom is 0.409 e. The lowest BCUT2D eigenvalue weighted by Gasteiger charge is -2.32. The van der Waals surface area contributed by atoms with Crippen LogP contribution in [0, 0.1) is 12.7 Å². The fraction of sp³-hybridized carbons (Fsp3) is 0.304. The standard InChI is InChI=1S/C23H21ClF4N4O4/c1-13-15-6-2-3-8-17(15)32(30-13)12-20(34)31(18(9-21(35)36)23(26,27)28)11-19(33)29-10-14-5-4-7-16(24)22(14)25/h2-8,18H,9-12H2,1H3,(H,29,33)(H,35,36). The van der Waals surface area contributed by atoms with Gasteiger partial charge in [-0.25, -0.2) is 4.39 Å². The third-order valence-electron chi connectivity index (χ3n) is 5.39. The number of rotatable bonds is 9. The molecule has 2 amide bonds. The fourth-order valence-corrected chi connectivity index (χ4v) is 3.86. The molecule has 0 spiro atoms. The van der Waals surface area contributed by atoms with Gasteiger partial charge in [0.2, 0.25) is 11.8 Å². The van der Waals surface area contributed by atoms with E-state index in [4.69, 9.17) is 16.7 Å². The molecule has 0 aliphatic rings. The summed E-state index contributed by atoms with van der Waals surface area (Å²) in [4.78, 5) is 36.9. The number of aliphatic carboxylic acids is 1. The molecule has 0 aliphatic heterocycles. The van der Waals surface area contributed by atoms with Crippen molar-refractivity contribution in [3.63, 3.8) is 0 Å². The molecule has 1 heterocycles. The van der Waals surface area contributed by atoms with E-state index < -0.39 is 61.9 Å². The Balaban J connectivity index is 1.86. The fourth-order valence-electron chi connectivity index (χ4n) is 3.66. The van der Waals surface area contributed by atoms with Gasteiger partial charge in [-0.1, -0.05) is 41.9 Å². The predicted octanol–water partition coefficient (Wildman–Crippen LogP) is 3.69. The topological polar surface area (TPSA) is 105 Å². The quantitative estimate of drug-likeness (QED) is 0.412. The zero-order valence-corrected chi connectivity index (χ0v) is 19.6. The van der Waals surface area contributed by atoms with Crippen molar-refractivity contribution in [1.82, 2.24) is 20.0 Å². The van der Waals surface area contributed by atoms with Gasteiger partial charge in [-0.2, -0.15) is 18.3 Å². The van der Waals surface area contributed by atoms with E-state index in [0.717, 1.165) is 0 Å². The lowest BCUT2D eigenvalue weighted by Crippen LogP contribution is -2.54. The molecule has 0 fully saturated rings. The van der Waals surface area contributed by atoms with E-state index in [1.165, 1.54) is 22.9 Å². The molecule has 0 radical (unpaired) electrons. The zero-order valence-electron chi connectivity index (χ0n) is 18.9. The number of aromatic nitrogens is 2. The first-order chi connectivity index (χ1) is 16.9. The van der Waals surface area contributed by atoms with Crippen LogP contribution in [0.2, 0.25) is 5.02 Å². The van der Waals surface area contributed by atoms with Gasteiger partial charge in [0, 0.05) is 17.5 Å². The van der Waals surface area contributed by atoms with Crippen LogP contribution in [-0.2, 0) is 27.5 Å². The minimum Gasteiger partial charge on any atom is -0.481 e. The number of aryl methyl sites for hydroxylation is 1. The molecule has 0 saturated heterocycles. The molecule has 0 bridgehead atoms. The number of fused-ring (bicyclic) bond motifs is 1. The number of para-hydroxylation sites is 1. The first-order valence-electron chi connectivity index (χ1n) is 10.6. The molecule has 0 saturated carbocycles. The third-order valence-corrected chi connectivity index (χ3v) is 5.68. The molecule has 8 nitrogen and oxygen atoms in total. The number of halogens is 5. The van der Waals surface area contributed by atoms with Crippen LogP contribution in [0.15, 0.2) is 42.5 Å². The van der Waals surface area contributed by atoms with Crippen LogP contribution in [0.4, 0.5) is 17.6 Å². The Labute approximate surface area is 207 Å². The van der Waals surface area contributed by atoms with Crippen molar-refractivity contribution in [1.29, 1.82) is 0 Å². The first kappa shape index (κ1) is 26.9. The second-order valence-corrected chi connectivity index (χ2v) is 8.33. The summed E-state index contributed by atoms with van der Waals surface area (Å²) >= 11 is 5.69. The van der Waals surface area contributed by atoms with Crippen molar-refractivity contribution in [2.75, 3.05) is 6.54 Å². The average molecular weight is 529 g/mol. The molecule has 0 aliphatic carbocycles. The highest BCUT2D eigenvalue weighted by Gasteiger charge is 2.47. The van der Waals surface area contributed by atoms with Crippen LogP contribution in [0.5, 0.6) is 0 Å². The van der Waals surface area contributed by atoms with Crippen molar-refractivity contribution >= 4 is 40.3 Å². The van der Waals surface area contributed by atoms with Crippen LogP contribution < -0.4 is 5.32 Å². The number of nitrogens with one attached hydrogen (secondary N) is 1. The summed E-state index contributed by atoms with van der Waals surface area (Å²) in [7, 11) is 0. The van der Waals surface area contributed by atoms with Gasteiger partial charge in [-0.3, -0.25) is 19.1 Å². The molecular weight excluding hydrogens is 508 g/mol. The van der Waals surface area contributed by atoms with E-state index in [0.29, 0.717) is 16.6 Å². The highest BCUT2D eigenvalue weighted by atomic mass is 35.5. The van der Waals surface area contributed by atoms with Crippen LogP contribution in [0.3, 0.4) is 0 Å². The van der Waals surface area contributed by atoms with E-state index in [1.807, 2.05) is 0 Å². The summed E-state index contributed by atoms with van der Waals surface area (Å²) in [5.74, 6) is -4.84. The molecule has 3 rings (SSSR count). The number of benzene rings is 2. The van der Waals surface area contributed by atoms with Gasteiger partial charge in [-0.05, 0) is 19.1 Å². The van der Waals surface area contributed by atoms with E-state index in [9.17, 15) is 31.9 Å². The monoisotopic (exact) mass is 528 g/mol. The molecule has 13 heteroatoms. The second-order valence-electron chi connectivity index (χ2n) is 7.93. The third kappa shape index (κ3) is 6.30. The van der Waals surface area contributed by atoms with Crippen molar-refractivity contribution in [3.05, 3.63) is 64.6 Å². The molecule has 1 aromatic heterocycles. The number of amides is 2. The molecule has 1 unspecified atom stereocenters. The number of carbonyl (C=O) groups is 3. The number of carboxylic acids is 1. The van der Waals surface area contributed by atoms with Gasteiger partial charge >= 0.3 is 12.1 Å². The first-order valence-corrected chi connectivity index (χ1v) is 11.0. The van der Waals surface area contributed by atoms with Gasteiger partial charge < -0.3 is 15.3 Å². The molecule has 36 heavy (non-hydrogen) atoms. The highest BCUT2D eigenvalue weighted by molar-refractivity contribution is 6.30. The molecule has 1 atom stereocenters. The minimum atomic E-state index is -5.14. The summed E-state index contributed by atoms with van der Waals surface area (Å²) in [6, 6.07) is 7.98. The Morgan fingerprint density at radius 2 is 1.86 bits per heavy atom. The maximum absolute atomic E-state index is 14.1. The molecule has 3 aromatic rings. The largest absolute Gasteiger partial charge is 0.481 e. The smallest absolute Gasteiger partial charge is 0.409 e. The summed E-state index contributed by atoms with van der Waals surface area (Å²) in [5, 5.41) is 15.9. The summed E-state index contributed by atoms with van der Waals surface area (Å²) < 4.78 is 56.7. The number of alkyl halides is 3. The molecule has 192 valence electrons. The second kappa shape index (κ2) is 10.9. The van der Waals surface area contributed by atoms with Gasteiger partial charge in [0.15, 0.2) is 0 Å². The summed E-state index contributed by atoms with van der Waals surface area (Å²) in [6.07, 6.45) is -6.61. The van der Waals surface area contributed by atoms with Crippen LogP contribution in [0.25, 0.3) is 10.9 Å². The SMILES string of the molecule is Cc1nn(CC(=O)N(CC(=O)NCc2cccc(Cl)c2F)C(CC(=O)O)C(F)(F)F)c2ccccc12. The number of carbonyl (C=O) groups excluding carboxylic acids is 2. The molecule has 2 N–H and O–H groups in total. The Hall–Kier alpha value is -3.67. The number of hydrogen-bond donors (Lipinski definition) is 2. The average Bonchev–Trinajstić information content (AvgIpc) is 3.11.